The molecule has 1 aliphatic rings. The fourth-order valence-electron chi connectivity index (χ4n) is 2.56. The van der Waals surface area contributed by atoms with Crippen molar-refractivity contribution in [2.24, 2.45) is 0 Å². The predicted molar refractivity (Wildman–Crippen MR) is 114 cm³/mol. The zero-order valence-electron chi connectivity index (χ0n) is 14.5. The van der Waals surface area contributed by atoms with Crippen molar-refractivity contribution in [3.63, 3.8) is 0 Å². The van der Waals surface area contributed by atoms with Crippen LogP contribution in [0.1, 0.15) is 11.1 Å². The Morgan fingerprint density at radius 3 is 2.62 bits per heavy atom. The van der Waals surface area contributed by atoms with Gasteiger partial charge in [0.25, 0.3) is 5.91 Å². The molecule has 2 amide bonds. The standard InChI is InChI=1S/C19H12BrF3N2O2S2/c20-12-5-3-4-11(8-12)9-15-17(27)25(18(28)29-15)10-16(26)24-14-7-2-1-6-13(14)19(21,22)23/h1-9H,10H2,(H,24,26)/b15-9+. The minimum absolute atomic E-state index is 0.163. The number of nitrogens with one attached hydrogen (secondary N) is 1. The number of carbonyl (C=O) groups excluding carboxylic acids is 2. The molecule has 0 aliphatic carbocycles. The summed E-state index contributed by atoms with van der Waals surface area (Å²) in [7, 11) is 0. The van der Waals surface area contributed by atoms with E-state index in [0.29, 0.717) is 4.91 Å². The number of thiocarbonyl (C=S) groups is 1. The lowest BCUT2D eigenvalue weighted by Crippen LogP contribution is -2.36. The van der Waals surface area contributed by atoms with Gasteiger partial charge in [-0.1, -0.05) is 64.2 Å². The second-order valence-electron chi connectivity index (χ2n) is 5.91. The molecule has 2 aromatic carbocycles. The molecule has 0 aromatic heterocycles. The first-order valence-corrected chi connectivity index (χ1v) is 10.1. The van der Waals surface area contributed by atoms with Gasteiger partial charge in [0.2, 0.25) is 5.91 Å². The van der Waals surface area contributed by atoms with Gasteiger partial charge in [0.05, 0.1) is 16.2 Å². The van der Waals surface area contributed by atoms with Gasteiger partial charge in [-0.25, -0.2) is 0 Å². The van der Waals surface area contributed by atoms with Crippen LogP contribution in [0.2, 0.25) is 0 Å². The Balaban J connectivity index is 1.73. The van der Waals surface area contributed by atoms with Crippen LogP contribution < -0.4 is 5.32 Å². The summed E-state index contributed by atoms with van der Waals surface area (Å²) in [6, 6.07) is 11.9. The second kappa shape index (κ2) is 8.68. The maximum Gasteiger partial charge on any atom is 0.418 e. The summed E-state index contributed by atoms with van der Waals surface area (Å²) in [4.78, 5) is 26.3. The molecule has 1 N–H and O–H groups in total. The lowest BCUT2D eigenvalue weighted by molar-refractivity contribution is -0.137. The minimum atomic E-state index is -4.61. The molecule has 0 spiro atoms. The van der Waals surface area contributed by atoms with E-state index in [1.165, 1.54) is 12.1 Å². The Kier molecular flexibility index (Phi) is 6.45. The molecule has 1 fully saturated rings. The number of alkyl halides is 3. The molecule has 150 valence electrons. The largest absolute Gasteiger partial charge is 0.418 e. The molecular weight excluding hydrogens is 489 g/mol. The van der Waals surface area contributed by atoms with E-state index in [9.17, 15) is 22.8 Å². The zero-order chi connectivity index (χ0) is 21.2. The summed E-state index contributed by atoms with van der Waals surface area (Å²) in [6.07, 6.45) is -2.97. The van der Waals surface area contributed by atoms with Crippen molar-refractivity contribution in [2.75, 3.05) is 11.9 Å². The number of para-hydroxylation sites is 1. The van der Waals surface area contributed by atoms with Crippen molar-refractivity contribution >= 4 is 67.8 Å². The van der Waals surface area contributed by atoms with Crippen molar-refractivity contribution < 1.29 is 22.8 Å². The first kappa shape index (κ1) is 21.5. The van der Waals surface area contributed by atoms with E-state index in [1.54, 1.807) is 12.1 Å². The summed E-state index contributed by atoms with van der Waals surface area (Å²) in [6.45, 7) is -0.479. The number of amides is 2. The highest BCUT2D eigenvalue weighted by molar-refractivity contribution is 9.10. The van der Waals surface area contributed by atoms with Gasteiger partial charge in [0.15, 0.2) is 0 Å². The van der Waals surface area contributed by atoms with Crippen LogP contribution in [0.4, 0.5) is 18.9 Å². The van der Waals surface area contributed by atoms with Crippen LogP contribution >= 0.6 is 39.9 Å². The summed E-state index contributed by atoms with van der Waals surface area (Å²) in [5.41, 5.74) is -0.572. The van der Waals surface area contributed by atoms with Crippen molar-refractivity contribution in [1.29, 1.82) is 0 Å². The number of carbonyl (C=O) groups is 2. The van der Waals surface area contributed by atoms with Gasteiger partial charge in [-0.3, -0.25) is 14.5 Å². The van der Waals surface area contributed by atoms with E-state index in [-0.39, 0.29) is 10.0 Å². The average Bonchev–Trinajstić information content (AvgIpc) is 2.89. The lowest BCUT2D eigenvalue weighted by Gasteiger charge is -2.16. The topological polar surface area (TPSA) is 49.4 Å². The van der Waals surface area contributed by atoms with Crippen molar-refractivity contribution in [3.05, 3.63) is 69.0 Å². The van der Waals surface area contributed by atoms with Crippen LogP contribution in [0.25, 0.3) is 6.08 Å². The monoisotopic (exact) mass is 500 g/mol. The highest BCUT2D eigenvalue weighted by Crippen LogP contribution is 2.35. The van der Waals surface area contributed by atoms with Gasteiger partial charge < -0.3 is 5.32 Å². The molecule has 1 saturated heterocycles. The average molecular weight is 501 g/mol. The molecule has 0 saturated carbocycles. The molecule has 29 heavy (non-hydrogen) atoms. The van der Waals surface area contributed by atoms with Gasteiger partial charge >= 0.3 is 6.18 Å². The third-order valence-electron chi connectivity index (χ3n) is 3.83. The summed E-state index contributed by atoms with van der Waals surface area (Å²) < 4.78 is 40.2. The van der Waals surface area contributed by atoms with E-state index < -0.39 is 30.1 Å². The van der Waals surface area contributed by atoms with Gasteiger partial charge in [-0.15, -0.1) is 0 Å². The van der Waals surface area contributed by atoms with Crippen molar-refractivity contribution in [3.8, 4) is 0 Å². The molecule has 1 heterocycles. The maximum atomic E-state index is 13.1. The summed E-state index contributed by atoms with van der Waals surface area (Å²) in [5.74, 6) is -1.25. The smallest absolute Gasteiger partial charge is 0.324 e. The van der Waals surface area contributed by atoms with Crippen LogP contribution in [0, 0.1) is 0 Å². The first-order chi connectivity index (χ1) is 13.6. The fourth-order valence-corrected chi connectivity index (χ4v) is 4.23. The molecule has 0 atom stereocenters. The van der Waals surface area contributed by atoms with Gasteiger partial charge in [0.1, 0.15) is 10.9 Å². The Morgan fingerprint density at radius 2 is 1.93 bits per heavy atom. The third-order valence-corrected chi connectivity index (χ3v) is 5.70. The van der Waals surface area contributed by atoms with E-state index in [0.717, 1.165) is 38.8 Å². The van der Waals surface area contributed by atoms with Crippen molar-refractivity contribution in [1.82, 2.24) is 4.90 Å². The molecule has 2 aromatic rings. The minimum Gasteiger partial charge on any atom is -0.324 e. The molecule has 0 unspecified atom stereocenters. The Morgan fingerprint density at radius 1 is 1.21 bits per heavy atom. The van der Waals surface area contributed by atoms with Crippen LogP contribution in [-0.4, -0.2) is 27.6 Å². The highest BCUT2D eigenvalue weighted by Gasteiger charge is 2.35. The normalized spacial score (nSPS) is 15.9. The number of halogens is 4. The number of hydrogen-bond donors (Lipinski definition) is 1. The van der Waals surface area contributed by atoms with E-state index in [2.05, 4.69) is 21.2 Å². The van der Waals surface area contributed by atoms with E-state index in [1.807, 2.05) is 18.2 Å². The number of nitrogens with zero attached hydrogens (tertiary/aromatic N) is 1. The zero-order valence-corrected chi connectivity index (χ0v) is 17.7. The first-order valence-electron chi connectivity index (χ1n) is 8.12. The number of anilines is 1. The number of rotatable bonds is 4. The lowest BCUT2D eigenvalue weighted by atomic mass is 10.1. The van der Waals surface area contributed by atoms with Gasteiger partial charge in [-0.05, 0) is 35.9 Å². The molecular formula is C19H12BrF3N2O2S2. The number of thioether (sulfide) groups is 1. The van der Waals surface area contributed by atoms with Crippen LogP contribution in [0.3, 0.4) is 0 Å². The fraction of sp³-hybridized carbons (Fsp3) is 0.105. The Hall–Kier alpha value is -2.17. The Bertz CT molecular complexity index is 1020. The summed E-state index contributed by atoms with van der Waals surface area (Å²) in [5, 5.41) is 2.21. The highest BCUT2D eigenvalue weighted by atomic mass is 79.9. The predicted octanol–water partition coefficient (Wildman–Crippen LogP) is 5.31. The van der Waals surface area contributed by atoms with Crippen LogP contribution in [0.5, 0.6) is 0 Å². The molecule has 4 nitrogen and oxygen atoms in total. The third kappa shape index (κ3) is 5.26. The quantitative estimate of drug-likeness (QED) is 0.456. The molecule has 10 heteroatoms. The molecule has 0 radical (unpaired) electrons. The molecule has 0 bridgehead atoms. The Labute approximate surface area is 182 Å². The van der Waals surface area contributed by atoms with Crippen molar-refractivity contribution in [2.45, 2.75) is 6.18 Å². The van der Waals surface area contributed by atoms with E-state index in [4.69, 9.17) is 12.2 Å². The number of hydrogen-bond acceptors (Lipinski definition) is 4. The maximum absolute atomic E-state index is 13.1. The SMILES string of the molecule is O=C(CN1C(=O)/C(=C\c2cccc(Br)c2)SC1=S)Nc1ccccc1C(F)(F)F. The van der Waals surface area contributed by atoms with Crippen LogP contribution in [-0.2, 0) is 15.8 Å². The summed E-state index contributed by atoms with van der Waals surface area (Å²) >= 11 is 9.54. The van der Waals surface area contributed by atoms with Gasteiger partial charge in [0, 0.05) is 4.47 Å². The van der Waals surface area contributed by atoms with Gasteiger partial charge in [-0.2, -0.15) is 13.2 Å². The number of benzene rings is 2. The van der Waals surface area contributed by atoms with E-state index >= 15 is 0 Å². The molecule has 1 aliphatic heterocycles. The molecule has 3 rings (SSSR count). The van der Waals surface area contributed by atoms with Crippen LogP contribution in [0.15, 0.2) is 57.9 Å². The second-order valence-corrected chi connectivity index (χ2v) is 8.51.